The van der Waals surface area contributed by atoms with Gasteiger partial charge in [0.2, 0.25) is 0 Å². The quantitative estimate of drug-likeness (QED) is 0.267. The number of fused-ring (bicyclic) bond motifs is 5. The molecule has 7 aromatic rings. The summed E-state index contributed by atoms with van der Waals surface area (Å²) >= 11 is 0. The van der Waals surface area contributed by atoms with Gasteiger partial charge in [0.15, 0.2) is 0 Å². The zero-order chi connectivity index (χ0) is 23.2. The monoisotopic (exact) mass is 450 g/mol. The van der Waals surface area contributed by atoms with Crippen molar-refractivity contribution < 1.29 is 4.42 Å². The van der Waals surface area contributed by atoms with Crippen LogP contribution >= 0.6 is 0 Å². The Kier molecular flexibility index (Phi) is 4.46. The third-order valence-corrected chi connectivity index (χ3v) is 6.65. The van der Waals surface area contributed by atoms with Crippen LogP contribution in [0.25, 0.3) is 38.5 Å². The van der Waals surface area contributed by atoms with E-state index in [1.165, 1.54) is 10.9 Å². The van der Waals surface area contributed by atoms with E-state index in [0.717, 1.165) is 44.6 Å². The van der Waals surface area contributed by atoms with Gasteiger partial charge in [-0.2, -0.15) is 0 Å². The second-order valence-corrected chi connectivity index (χ2v) is 8.67. The molecule has 5 aromatic carbocycles. The molecule has 0 fully saturated rings. The third kappa shape index (κ3) is 3.13. The van der Waals surface area contributed by atoms with Crippen molar-refractivity contribution >= 4 is 49.8 Å². The summed E-state index contributed by atoms with van der Waals surface area (Å²) in [6, 6.07) is 44.7. The Balaban J connectivity index is 1.41. The smallest absolute Gasteiger partial charge is 0.143 e. The summed E-state index contributed by atoms with van der Waals surface area (Å²) in [5.41, 5.74) is 7.74. The molecule has 0 bridgehead atoms. The summed E-state index contributed by atoms with van der Waals surface area (Å²) in [5, 5.41) is 3.47. The zero-order valence-corrected chi connectivity index (χ0v) is 19.0. The third-order valence-electron chi connectivity index (χ3n) is 6.65. The first-order valence-corrected chi connectivity index (χ1v) is 11.8. The van der Waals surface area contributed by atoms with Crippen molar-refractivity contribution in [2.24, 2.45) is 0 Å². The second-order valence-electron chi connectivity index (χ2n) is 8.67. The average molecular weight is 451 g/mol. The molecule has 35 heavy (non-hydrogen) atoms. The van der Waals surface area contributed by atoms with Crippen molar-refractivity contribution in [3.05, 3.63) is 134 Å². The largest absolute Gasteiger partial charge is 0.464 e. The summed E-state index contributed by atoms with van der Waals surface area (Å²) in [6.07, 6.45) is 1.77. The van der Waals surface area contributed by atoms with Crippen LogP contribution in [-0.2, 0) is 0 Å². The van der Waals surface area contributed by atoms with Crippen molar-refractivity contribution in [1.29, 1.82) is 0 Å². The number of para-hydroxylation sites is 3. The fourth-order valence-corrected chi connectivity index (χ4v) is 5.11. The van der Waals surface area contributed by atoms with E-state index in [4.69, 9.17) is 4.42 Å². The summed E-state index contributed by atoms with van der Waals surface area (Å²) in [6.45, 7) is 0. The van der Waals surface area contributed by atoms with Crippen molar-refractivity contribution in [3.8, 4) is 5.69 Å². The standard InChI is InChI=1S/C32H22N2O/c1-3-9-24(10-4-1)33(25-11-5-2-6-12-25)26-16-18-27(19-17-26)34-29-14-8-7-13-28(29)31-30(34)20-15-23-21-22-35-32(23)31/h1-22H. The van der Waals surface area contributed by atoms with Gasteiger partial charge < -0.3 is 13.9 Å². The number of furan rings is 1. The predicted molar refractivity (Wildman–Crippen MR) is 145 cm³/mol. The molecule has 0 N–H and O–H groups in total. The second kappa shape index (κ2) is 7.93. The lowest BCUT2D eigenvalue weighted by Crippen LogP contribution is -2.09. The molecule has 2 aromatic heterocycles. The Hall–Kier alpha value is -4.76. The van der Waals surface area contributed by atoms with Crippen LogP contribution in [0.2, 0.25) is 0 Å². The summed E-state index contributed by atoms with van der Waals surface area (Å²) in [4.78, 5) is 2.28. The number of nitrogens with zero attached hydrogens (tertiary/aromatic N) is 2. The van der Waals surface area contributed by atoms with Gasteiger partial charge in [-0.3, -0.25) is 0 Å². The molecule has 0 spiro atoms. The van der Waals surface area contributed by atoms with E-state index < -0.39 is 0 Å². The highest BCUT2D eigenvalue weighted by molar-refractivity contribution is 6.19. The maximum absolute atomic E-state index is 5.92. The van der Waals surface area contributed by atoms with E-state index in [2.05, 4.69) is 119 Å². The molecule has 0 aliphatic carbocycles. The minimum absolute atomic E-state index is 0.938. The molecule has 0 atom stereocenters. The van der Waals surface area contributed by atoms with Gasteiger partial charge in [-0.05, 0) is 72.8 Å². The van der Waals surface area contributed by atoms with E-state index in [1.807, 2.05) is 18.2 Å². The molecule has 7 rings (SSSR count). The van der Waals surface area contributed by atoms with E-state index in [-0.39, 0.29) is 0 Å². The Labute approximate surface area is 203 Å². The Morgan fingerprint density at radius 2 is 1.14 bits per heavy atom. The molecular formula is C32H22N2O. The van der Waals surface area contributed by atoms with Crippen LogP contribution in [0.3, 0.4) is 0 Å². The fourth-order valence-electron chi connectivity index (χ4n) is 5.11. The maximum Gasteiger partial charge on any atom is 0.143 e. The van der Waals surface area contributed by atoms with Crippen molar-refractivity contribution in [2.75, 3.05) is 4.90 Å². The first kappa shape index (κ1) is 19.7. The van der Waals surface area contributed by atoms with Gasteiger partial charge in [-0.25, -0.2) is 0 Å². The molecule has 3 nitrogen and oxygen atoms in total. The number of hydrogen-bond donors (Lipinski definition) is 0. The van der Waals surface area contributed by atoms with Gasteiger partial charge >= 0.3 is 0 Å². The molecule has 0 radical (unpaired) electrons. The van der Waals surface area contributed by atoms with Gasteiger partial charge in [0, 0.05) is 33.5 Å². The van der Waals surface area contributed by atoms with E-state index in [1.54, 1.807) is 6.26 Å². The van der Waals surface area contributed by atoms with Crippen LogP contribution < -0.4 is 4.90 Å². The summed E-state index contributed by atoms with van der Waals surface area (Å²) in [5.74, 6) is 0. The summed E-state index contributed by atoms with van der Waals surface area (Å²) in [7, 11) is 0. The molecule has 0 saturated heterocycles. The maximum atomic E-state index is 5.92. The number of anilines is 3. The lowest BCUT2D eigenvalue weighted by molar-refractivity contribution is 0.619. The minimum Gasteiger partial charge on any atom is -0.464 e. The number of aromatic nitrogens is 1. The van der Waals surface area contributed by atoms with Crippen molar-refractivity contribution in [1.82, 2.24) is 4.57 Å². The van der Waals surface area contributed by atoms with E-state index >= 15 is 0 Å². The average Bonchev–Trinajstić information content (AvgIpc) is 3.53. The van der Waals surface area contributed by atoms with Crippen LogP contribution in [0.1, 0.15) is 0 Å². The Morgan fingerprint density at radius 1 is 0.514 bits per heavy atom. The number of rotatable bonds is 4. The molecule has 0 amide bonds. The molecule has 0 saturated carbocycles. The highest BCUT2D eigenvalue weighted by Crippen LogP contribution is 2.38. The van der Waals surface area contributed by atoms with Crippen LogP contribution in [0, 0.1) is 0 Å². The lowest BCUT2D eigenvalue weighted by Gasteiger charge is -2.25. The van der Waals surface area contributed by atoms with Crippen molar-refractivity contribution in [3.63, 3.8) is 0 Å². The molecule has 0 unspecified atom stereocenters. The van der Waals surface area contributed by atoms with Gasteiger partial charge in [0.25, 0.3) is 0 Å². The van der Waals surface area contributed by atoms with Gasteiger partial charge in [-0.1, -0.05) is 54.6 Å². The van der Waals surface area contributed by atoms with Gasteiger partial charge in [0.1, 0.15) is 5.58 Å². The van der Waals surface area contributed by atoms with Crippen molar-refractivity contribution in [2.45, 2.75) is 0 Å². The minimum atomic E-state index is 0.938. The van der Waals surface area contributed by atoms with E-state index in [0.29, 0.717) is 0 Å². The number of benzene rings is 5. The summed E-state index contributed by atoms with van der Waals surface area (Å²) < 4.78 is 8.24. The molecule has 0 aliphatic heterocycles. The highest BCUT2D eigenvalue weighted by atomic mass is 16.3. The number of hydrogen-bond acceptors (Lipinski definition) is 2. The van der Waals surface area contributed by atoms with Crippen LogP contribution in [0.15, 0.2) is 138 Å². The van der Waals surface area contributed by atoms with Crippen LogP contribution in [0.5, 0.6) is 0 Å². The molecular weight excluding hydrogens is 428 g/mol. The van der Waals surface area contributed by atoms with E-state index in [9.17, 15) is 0 Å². The normalized spacial score (nSPS) is 11.4. The van der Waals surface area contributed by atoms with Crippen LogP contribution in [-0.4, -0.2) is 4.57 Å². The van der Waals surface area contributed by atoms with Crippen LogP contribution in [0.4, 0.5) is 17.1 Å². The molecule has 0 aliphatic rings. The fraction of sp³-hybridized carbons (Fsp3) is 0. The predicted octanol–water partition coefficient (Wildman–Crippen LogP) is 9.00. The highest BCUT2D eigenvalue weighted by Gasteiger charge is 2.17. The SMILES string of the molecule is c1ccc(N(c2ccccc2)c2ccc(-n3c4ccccc4c4c5occc5ccc43)cc2)cc1. The molecule has 3 heteroatoms. The zero-order valence-electron chi connectivity index (χ0n) is 19.0. The Bertz CT molecular complexity index is 1740. The van der Waals surface area contributed by atoms with Gasteiger partial charge in [0.05, 0.1) is 22.7 Å². The first-order valence-electron chi connectivity index (χ1n) is 11.8. The Morgan fingerprint density at radius 3 is 1.86 bits per heavy atom. The molecule has 2 heterocycles. The molecule has 166 valence electrons. The first-order chi connectivity index (χ1) is 17.4. The topological polar surface area (TPSA) is 21.3 Å². The lowest BCUT2D eigenvalue weighted by atomic mass is 10.1. The van der Waals surface area contributed by atoms with Gasteiger partial charge in [-0.15, -0.1) is 0 Å².